The highest BCUT2D eigenvalue weighted by atomic mass is 16.5. The van der Waals surface area contributed by atoms with Gasteiger partial charge in [-0.25, -0.2) is 0 Å². The fraction of sp³-hybridized carbons (Fsp3) is 0.423. The van der Waals surface area contributed by atoms with E-state index in [4.69, 9.17) is 9.47 Å². The number of hydrogen-bond acceptors (Lipinski definition) is 6. The van der Waals surface area contributed by atoms with Gasteiger partial charge in [-0.3, -0.25) is 9.69 Å². The van der Waals surface area contributed by atoms with Gasteiger partial charge in [0.2, 0.25) is 0 Å². The summed E-state index contributed by atoms with van der Waals surface area (Å²) in [6.07, 6.45) is 3.88. The minimum atomic E-state index is -0.0674. The molecule has 176 valence electrons. The summed E-state index contributed by atoms with van der Waals surface area (Å²) in [5, 5.41) is 12.4. The fourth-order valence-corrected chi connectivity index (χ4v) is 4.27. The van der Waals surface area contributed by atoms with E-state index in [1.54, 1.807) is 7.11 Å². The van der Waals surface area contributed by atoms with Crippen molar-refractivity contribution in [2.75, 3.05) is 57.9 Å². The summed E-state index contributed by atoms with van der Waals surface area (Å²) in [5.74, 6) is 1.45. The maximum Gasteiger partial charge on any atom is 0.250 e. The van der Waals surface area contributed by atoms with Crippen molar-refractivity contribution < 1.29 is 19.4 Å². The van der Waals surface area contributed by atoms with Crippen LogP contribution in [0.25, 0.3) is 6.08 Å². The maximum absolute atomic E-state index is 12.5. The fourth-order valence-electron chi connectivity index (χ4n) is 4.27. The molecule has 4 rings (SSSR count). The third kappa shape index (κ3) is 6.06. The Morgan fingerprint density at radius 1 is 1.12 bits per heavy atom. The topological polar surface area (TPSA) is 74.3 Å². The molecule has 2 aromatic rings. The van der Waals surface area contributed by atoms with Gasteiger partial charge in [0.25, 0.3) is 5.91 Å². The monoisotopic (exact) mass is 451 g/mol. The molecule has 0 unspecified atom stereocenters. The molecule has 0 saturated carbocycles. The Morgan fingerprint density at radius 2 is 1.97 bits per heavy atom. The molecule has 1 saturated heterocycles. The second-order valence-electron chi connectivity index (χ2n) is 8.48. The zero-order valence-corrected chi connectivity index (χ0v) is 19.3. The number of benzene rings is 2. The van der Waals surface area contributed by atoms with E-state index in [-0.39, 0.29) is 19.1 Å². The lowest BCUT2D eigenvalue weighted by Crippen LogP contribution is -2.46. The average Bonchev–Trinajstić information content (AvgIpc) is 2.88. The van der Waals surface area contributed by atoms with Crippen LogP contribution >= 0.6 is 0 Å². The zero-order chi connectivity index (χ0) is 23.0. The van der Waals surface area contributed by atoms with Crippen LogP contribution in [0.4, 0.5) is 5.69 Å². The summed E-state index contributed by atoms with van der Waals surface area (Å²) < 4.78 is 11.0. The second kappa shape index (κ2) is 11.2. The third-order valence-corrected chi connectivity index (χ3v) is 6.24. The van der Waals surface area contributed by atoms with Crippen LogP contribution in [0, 0.1) is 0 Å². The van der Waals surface area contributed by atoms with E-state index in [1.807, 2.05) is 36.4 Å². The number of rotatable bonds is 9. The van der Waals surface area contributed by atoms with E-state index in [2.05, 4.69) is 27.2 Å². The van der Waals surface area contributed by atoms with Gasteiger partial charge in [0, 0.05) is 44.0 Å². The molecule has 7 heteroatoms. The van der Waals surface area contributed by atoms with Gasteiger partial charge >= 0.3 is 0 Å². The minimum absolute atomic E-state index is 0.0674. The van der Waals surface area contributed by atoms with Gasteiger partial charge in [-0.15, -0.1) is 0 Å². The number of ether oxygens (including phenoxy) is 2. The lowest BCUT2D eigenvalue weighted by Gasteiger charge is -2.36. The number of anilines is 1. The summed E-state index contributed by atoms with van der Waals surface area (Å²) >= 11 is 0. The number of carbonyl (C=O) groups is 1. The molecule has 0 aliphatic carbocycles. The molecule has 0 bridgehead atoms. The molecule has 2 N–H and O–H groups in total. The van der Waals surface area contributed by atoms with Crippen LogP contribution in [-0.4, -0.2) is 68.9 Å². The lowest BCUT2D eigenvalue weighted by molar-refractivity contribution is -0.117. The Bertz CT molecular complexity index is 983. The van der Waals surface area contributed by atoms with Crippen LogP contribution in [0.3, 0.4) is 0 Å². The van der Waals surface area contributed by atoms with E-state index in [0.29, 0.717) is 12.1 Å². The van der Waals surface area contributed by atoms with E-state index < -0.39 is 0 Å². The summed E-state index contributed by atoms with van der Waals surface area (Å²) in [6.45, 7) is 6.12. The van der Waals surface area contributed by atoms with E-state index >= 15 is 0 Å². The number of aliphatic hydroxyl groups is 1. The van der Waals surface area contributed by atoms with Gasteiger partial charge in [-0.2, -0.15) is 0 Å². The van der Waals surface area contributed by atoms with E-state index in [9.17, 15) is 9.90 Å². The number of amides is 1. The third-order valence-electron chi connectivity index (χ3n) is 6.24. The first-order valence-electron chi connectivity index (χ1n) is 11.6. The van der Waals surface area contributed by atoms with Crippen molar-refractivity contribution in [1.29, 1.82) is 0 Å². The van der Waals surface area contributed by atoms with Crippen LogP contribution in [0.1, 0.15) is 24.0 Å². The van der Waals surface area contributed by atoms with Crippen LogP contribution in [0.2, 0.25) is 0 Å². The maximum atomic E-state index is 12.5. The highest BCUT2D eigenvalue weighted by Gasteiger charge is 2.19. The number of aliphatic hydroxyl groups excluding tert-OH is 1. The number of nitrogens with one attached hydrogen (secondary N) is 1. The van der Waals surface area contributed by atoms with Crippen molar-refractivity contribution in [1.82, 2.24) is 10.2 Å². The molecule has 2 aliphatic rings. The first kappa shape index (κ1) is 23.1. The number of nitrogens with zero attached hydrogens (tertiary/aromatic N) is 2. The molecule has 0 radical (unpaired) electrons. The van der Waals surface area contributed by atoms with Crippen LogP contribution in [0.5, 0.6) is 11.5 Å². The van der Waals surface area contributed by atoms with Crippen molar-refractivity contribution in [3.8, 4) is 11.5 Å². The molecule has 2 aromatic carbocycles. The van der Waals surface area contributed by atoms with Gasteiger partial charge in [-0.1, -0.05) is 12.1 Å². The van der Waals surface area contributed by atoms with Crippen molar-refractivity contribution in [3.63, 3.8) is 0 Å². The van der Waals surface area contributed by atoms with Gasteiger partial charge in [0.15, 0.2) is 0 Å². The van der Waals surface area contributed by atoms with Gasteiger partial charge < -0.3 is 24.8 Å². The molecule has 7 nitrogen and oxygen atoms in total. The SMILES string of the molecule is COc1ccc2c(c1)C=C(C(=O)NCCCCN1CCN(c3cccc(CO)c3)CC1)CO2. The molecular formula is C26H33N3O4. The highest BCUT2D eigenvalue weighted by molar-refractivity contribution is 5.99. The Hall–Kier alpha value is -3.03. The quantitative estimate of drug-likeness (QED) is 0.571. The first-order chi connectivity index (χ1) is 16.2. The highest BCUT2D eigenvalue weighted by Crippen LogP contribution is 2.29. The van der Waals surface area contributed by atoms with Crippen molar-refractivity contribution >= 4 is 17.7 Å². The lowest BCUT2D eigenvalue weighted by atomic mass is 10.1. The predicted octanol–water partition coefficient (Wildman–Crippen LogP) is 2.68. The largest absolute Gasteiger partial charge is 0.497 e. The predicted molar refractivity (Wildman–Crippen MR) is 130 cm³/mol. The normalized spacial score (nSPS) is 15.9. The molecule has 2 aliphatic heterocycles. The van der Waals surface area contributed by atoms with Gasteiger partial charge in [0.05, 0.1) is 19.3 Å². The number of carbonyl (C=O) groups excluding carboxylic acids is 1. The zero-order valence-electron chi connectivity index (χ0n) is 19.3. The van der Waals surface area contributed by atoms with Gasteiger partial charge in [-0.05, 0) is 61.4 Å². The number of unbranched alkanes of at least 4 members (excludes halogenated alkanes) is 1. The summed E-state index contributed by atoms with van der Waals surface area (Å²) in [4.78, 5) is 17.4. The minimum Gasteiger partial charge on any atom is -0.497 e. The molecule has 0 aromatic heterocycles. The number of hydrogen-bond donors (Lipinski definition) is 2. The smallest absolute Gasteiger partial charge is 0.250 e. The molecule has 2 heterocycles. The average molecular weight is 452 g/mol. The Kier molecular flexibility index (Phi) is 7.86. The number of methoxy groups -OCH3 is 1. The van der Waals surface area contributed by atoms with Gasteiger partial charge in [0.1, 0.15) is 18.1 Å². The standard InChI is InChI=1S/C26H33N3O4/c1-32-24-7-8-25-21(17-24)16-22(19-33-25)26(31)27-9-2-3-10-28-11-13-29(14-12-28)23-6-4-5-20(15-23)18-30/h4-8,15-17,30H,2-3,9-14,18-19H2,1H3,(H,27,31). The summed E-state index contributed by atoms with van der Waals surface area (Å²) in [6, 6.07) is 13.7. The van der Waals surface area contributed by atoms with Crippen molar-refractivity contribution in [3.05, 3.63) is 59.2 Å². The number of fused-ring (bicyclic) bond motifs is 1. The van der Waals surface area contributed by atoms with E-state index in [1.165, 1.54) is 5.69 Å². The molecule has 1 fully saturated rings. The molecule has 33 heavy (non-hydrogen) atoms. The Labute approximate surface area is 195 Å². The van der Waals surface area contributed by atoms with Crippen molar-refractivity contribution in [2.45, 2.75) is 19.4 Å². The van der Waals surface area contributed by atoms with Crippen LogP contribution < -0.4 is 19.7 Å². The summed E-state index contributed by atoms with van der Waals surface area (Å²) in [5.41, 5.74) is 3.65. The molecular weight excluding hydrogens is 418 g/mol. The molecule has 0 spiro atoms. The van der Waals surface area contributed by atoms with Crippen LogP contribution in [-0.2, 0) is 11.4 Å². The molecule has 1 amide bonds. The first-order valence-corrected chi connectivity index (χ1v) is 11.6. The van der Waals surface area contributed by atoms with Crippen molar-refractivity contribution in [2.24, 2.45) is 0 Å². The van der Waals surface area contributed by atoms with Crippen LogP contribution in [0.15, 0.2) is 48.0 Å². The Balaban J connectivity index is 1.15. The second-order valence-corrected chi connectivity index (χ2v) is 8.48. The molecule has 0 atom stereocenters. The summed E-state index contributed by atoms with van der Waals surface area (Å²) in [7, 11) is 1.62. The number of piperazine rings is 1. The van der Waals surface area contributed by atoms with E-state index in [0.717, 1.165) is 68.2 Å². The Morgan fingerprint density at radius 3 is 2.76 bits per heavy atom.